The van der Waals surface area contributed by atoms with E-state index in [1.165, 1.54) is 5.56 Å². The molecule has 1 aliphatic rings. The van der Waals surface area contributed by atoms with Crippen molar-refractivity contribution in [3.63, 3.8) is 0 Å². The SMILES string of the molecule is Clc1ccc(C2C#CCC2)cc1. The molecule has 0 nitrogen and oxygen atoms in total. The van der Waals surface area contributed by atoms with Crippen LogP contribution in [0, 0.1) is 11.8 Å². The number of hydrogen-bond donors (Lipinski definition) is 0. The van der Waals surface area contributed by atoms with Gasteiger partial charge in [-0.2, -0.15) is 0 Å². The Morgan fingerprint density at radius 3 is 2.58 bits per heavy atom. The molecule has 0 N–H and O–H groups in total. The van der Waals surface area contributed by atoms with E-state index in [9.17, 15) is 0 Å². The number of rotatable bonds is 1. The molecule has 1 aromatic rings. The van der Waals surface area contributed by atoms with Crippen LogP contribution < -0.4 is 0 Å². The quantitative estimate of drug-likeness (QED) is 0.577. The van der Waals surface area contributed by atoms with Gasteiger partial charge in [-0.15, -0.1) is 5.92 Å². The average molecular weight is 177 g/mol. The van der Waals surface area contributed by atoms with Crippen LogP contribution >= 0.6 is 11.6 Å². The van der Waals surface area contributed by atoms with Crippen molar-refractivity contribution in [1.82, 2.24) is 0 Å². The van der Waals surface area contributed by atoms with Gasteiger partial charge in [-0.25, -0.2) is 0 Å². The molecule has 0 amide bonds. The van der Waals surface area contributed by atoms with Crippen LogP contribution in [0.2, 0.25) is 5.02 Å². The summed E-state index contributed by atoms with van der Waals surface area (Å²) in [6.07, 6.45) is 2.18. The Kier molecular flexibility index (Phi) is 2.06. The van der Waals surface area contributed by atoms with Gasteiger partial charge in [0.25, 0.3) is 0 Å². The molecule has 0 aromatic heterocycles. The van der Waals surface area contributed by atoms with Crippen molar-refractivity contribution in [2.75, 3.05) is 0 Å². The fourth-order valence-electron chi connectivity index (χ4n) is 1.43. The molecule has 0 aliphatic heterocycles. The third-order valence-corrected chi connectivity index (χ3v) is 2.36. The zero-order valence-electron chi connectivity index (χ0n) is 6.68. The zero-order valence-corrected chi connectivity index (χ0v) is 7.43. The molecule has 0 saturated heterocycles. The summed E-state index contributed by atoms with van der Waals surface area (Å²) < 4.78 is 0. The summed E-state index contributed by atoms with van der Waals surface area (Å²) in [4.78, 5) is 0. The monoisotopic (exact) mass is 176 g/mol. The van der Waals surface area contributed by atoms with Gasteiger partial charge in [0.1, 0.15) is 0 Å². The largest absolute Gasteiger partial charge is 0.103 e. The highest BCUT2D eigenvalue weighted by atomic mass is 35.5. The standard InChI is InChI=1S/C11H9Cl/c12-11-7-5-10(6-8-11)9-3-1-2-4-9/h5-9H,1,3H2. The van der Waals surface area contributed by atoms with E-state index in [1.54, 1.807) is 0 Å². The average Bonchev–Trinajstić information content (AvgIpc) is 2.58. The van der Waals surface area contributed by atoms with Crippen molar-refractivity contribution in [3.8, 4) is 11.8 Å². The third-order valence-electron chi connectivity index (χ3n) is 2.11. The Morgan fingerprint density at radius 2 is 2.00 bits per heavy atom. The van der Waals surface area contributed by atoms with E-state index in [0.29, 0.717) is 5.92 Å². The van der Waals surface area contributed by atoms with E-state index in [0.717, 1.165) is 17.9 Å². The lowest BCUT2D eigenvalue weighted by atomic mass is 9.99. The summed E-state index contributed by atoms with van der Waals surface area (Å²) in [6, 6.07) is 7.98. The molecule has 0 heterocycles. The Bertz CT molecular complexity index is 326. The summed E-state index contributed by atoms with van der Waals surface area (Å²) in [5.41, 5.74) is 1.30. The second-order valence-corrected chi connectivity index (χ2v) is 3.40. The molecule has 0 spiro atoms. The molecule has 0 bridgehead atoms. The Labute approximate surface area is 77.6 Å². The maximum absolute atomic E-state index is 5.78. The van der Waals surface area contributed by atoms with Gasteiger partial charge in [0, 0.05) is 17.4 Å². The van der Waals surface area contributed by atoms with Gasteiger partial charge in [0.2, 0.25) is 0 Å². The van der Waals surface area contributed by atoms with Gasteiger partial charge >= 0.3 is 0 Å². The highest BCUT2D eigenvalue weighted by Gasteiger charge is 2.10. The van der Waals surface area contributed by atoms with Gasteiger partial charge in [0.15, 0.2) is 0 Å². The second kappa shape index (κ2) is 3.21. The lowest BCUT2D eigenvalue weighted by molar-refractivity contribution is 0.812. The summed E-state index contributed by atoms with van der Waals surface area (Å²) in [6.45, 7) is 0. The van der Waals surface area contributed by atoms with Crippen LogP contribution in [-0.2, 0) is 0 Å². The van der Waals surface area contributed by atoms with Crippen LogP contribution in [0.1, 0.15) is 24.3 Å². The van der Waals surface area contributed by atoms with E-state index in [-0.39, 0.29) is 0 Å². The van der Waals surface area contributed by atoms with Gasteiger partial charge in [0.05, 0.1) is 0 Å². The predicted octanol–water partition coefficient (Wildman–Crippen LogP) is 3.22. The smallest absolute Gasteiger partial charge is 0.0461 e. The van der Waals surface area contributed by atoms with Crippen molar-refractivity contribution in [1.29, 1.82) is 0 Å². The second-order valence-electron chi connectivity index (χ2n) is 2.96. The topological polar surface area (TPSA) is 0 Å². The van der Waals surface area contributed by atoms with Crippen molar-refractivity contribution < 1.29 is 0 Å². The van der Waals surface area contributed by atoms with E-state index in [1.807, 2.05) is 12.1 Å². The minimum absolute atomic E-state index is 0.447. The highest BCUT2D eigenvalue weighted by molar-refractivity contribution is 6.30. The fraction of sp³-hybridized carbons (Fsp3) is 0.273. The van der Waals surface area contributed by atoms with Crippen LogP contribution in [0.4, 0.5) is 0 Å². The number of hydrogen-bond acceptors (Lipinski definition) is 0. The third kappa shape index (κ3) is 1.47. The van der Waals surface area contributed by atoms with Crippen molar-refractivity contribution >= 4 is 11.6 Å². The number of benzene rings is 1. The highest BCUT2D eigenvalue weighted by Crippen LogP contribution is 2.24. The fourth-order valence-corrected chi connectivity index (χ4v) is 1.56. The van der Waals surface area contributed by atoms with Gasteiger partial charge in [-0.05, 0) is 24.1 Å². The molecule has 1 heteroatoms. The van der Waals surface area contributed by atoms with Gasteiger partial charge in [-0.3, -0.25) is 0 Å². The Morgan fingerprint density at radius 1 is 1.25 bits per heavy atom. The maximum Gasteiger partial charge on any atom is 0.0461 e. The van der Waals surface area contributed by atoms with Crippen LogP contribution in [0.3, 0.4) is 0 Å². The lowest BCUT2D eigenvalue weighted by Gasteiger charge is -2.05. The first-order valence-corrected chi connectivity index (χ1v) is 4.48. The normalized spacial score (nSPS) is 20.2. The van der Waals surface area contributed by atoms with E-state index in [4.69, 9.17) is 11.6 Å². The minimum atomic E-state index is 0.447. The van der Waals surface area contributed by atoms with Crippen LogP contribution in [0.25, 0.3) is 0 Å². The maximum atomic E-state index is 5.78. The first-order valence-electron chi connectivity index (χ1n) is 4.10. The van der Waals surface area contributed by atoms with Crippen LogP contribution in [-0.4, -0.2) is 0 Å². The molecule has 2 rings (SSSR count). The summed E-state index contributed by atoms with van der Waals surface area (Å²) >= 11 is 5.78. The van der Waals surface area contributed by atoms with E-state index >= 15 is 0 Å². The summed E-state index contributed by atoms with van der Waals surface area (Å²) in [5, 5.41) is 0.796. The van der Waals surface area contributed by atoms with Crippen molar-refractivity contribution in [3.05, 3.63) is 34.9 Å². The molecule has 1 aromatic carbocycles. The predicted molar refractivity (Wildman–Crippen MR) is 51.2 cm³/mol. The molecular weight excluding hydrogens is 168 g/mol. The van der Waals surface area contributed by atoms with Crippen molar-refractivity contribution in [2.24, 2.45) is 0 Å². The lowest BCUT2D eigenvalue weighted by Crippen LogP contribution is -1.90. The summed E-state index contributed by atoms with van der Waals surface area (Å²) in [5.74, 6) is 6.75. The van der Waals surface area contributed by atoms with Gasteiger partial charge in [-0.1, -0.05) is 29.7 Å². The van der Waals surface area contributed by atoms with E-state index in [2.05, 4.69) is 24.0 Å². The summed E-state index contributed by atoms with van der Waals surface area (Å²) in [7, 11) is 0. The zero-order chi connectivity index (χ0) is 8.39. The molecule has 1 aliphatic carbocycles. The number of halogens is 1. The molecule has 0 fully saturated rings. The van der Waals surface area contributed by atoms with Gasteiger partial charge < -0.3 is 0 Å². The Hall–Kier alpha value is -0.930. The molecule has 1 atom stereocenters. The molecule has 1 unspecified atom stereocenters. The minimum Gasteiger partial charge on any atom is -0.103 e. The van der Waals surface area contributed by atoms with Crippen LogP contribution in [0.15, 0.2) is 24.3 Å². The molecular formula is C11H9Cl. The molecule has 12 heavy (non-hydrogen) atoms. The molecule has 0 saturated carbocycles. The first kappa shape index (κ1) is 7.71. The molecule has 0 radical (unpaired) electrons. The van der Waals surface area contributed by atoms with Crippen molar-refractivity contribution in [2.45, 2.75) is 18.8 Å². The van der Waals surface area contributed by atoms with Crippen LogP contribution in [0.5, 0.6) is 0 Å². The molecule has 60 valence electrons. The van der Waals surface area contributed by atoms with E-state index < -0.39 is 0 Å². The first-order chi connectivity index (χ1) is 5.86. The Balaban J connectivity index is 2.25.